The van der Waals surface area contributed by atoms with Gasteiger partial charge in [0.05, 0.1) is 23.2 Å². The van der Waals surface area contributed by atoms with E-state index in [0.717, 1.165) is 25.7 Å². The lowest BCUT2D eigenvalue weighted by molar-refractivity contribution is -0.321. The maximum Gasteiger partial charge on any atom is 0.338 e. The lowest BCUT2D eigenvalue weighted by atomic mass is 9.39. The van der Waals surface area contributed by atoms with Gasteiger partial charge in [0.1, 0.15) is 6.61 Å². The van der Waals surface area contributed by atoms with E-state index in [0.29, 0.717) is 25.9 Å². The summed E-state index contributed by atoms with van der Waals surface area (Å²) in [6.45, 7) is 6.65. The Labute approximate surface area is 159 Å². The second-order valence-corrected chi connectivity index (χ2v) is 10.3. The van der Waals surface area contributed by atoms with Crippen molar-refractivity contribution in [1.82, 2.24) is 0 Å². The van der Waals surface area contributed by atoms with Crippen molar-refractivity contribution >= 4 is 11.9 Å². The van der Waals surface area contributed by atoms with E-state index in [1.807, 2.05) is 13.8 Å². The third-order valence-electron chi connectivity index (χ3n) is 8.80. The van der Waals surface area contributed by atoms with Crippen LogP contribution in [0.4, 0.5) is 0 Å². The molecule has 3 saturated heterocycles. The van der Waals surface area contributed by atoms with Crippen LogP contribution in [0.15, 0.2) is 0 Å². The molecule has 5 aliphatic rings. The van der Waals surface area contributed by atoms with Crippen LogP contribution >= 0.6 is 0 Å². The van der Waals surface area contributed by atoms with Crippen LogP contribution in [0.3, 0.4) is 0 Å². The van der Waals surface area contributed by atoms with Crippen molar-refractivity contribution in [3.8, 4) is 0 Å². The molecular formula is C21H30O6. The van der Waals surface area contributed by atoms with Crippen LogP contribution in [-0.2, 0) is 23.8 Å². The number of rotatable bonds is 0. The molecule has 150 valence electrons. The molecule has 0 radical (unpaired) electrons. The molecule has 5 fully saturated rings. The first-order valence-corrected chi connectivity index (χ1v) is 10.4. The quantitative estimate of drug-likeness (QED) is 0.652. The smallest absolute Gasteiger partial charge is 0.338 e. The maximum atomic E-state index is 12.8. The van der Waals surface area contributed by atoms with Gasteiger partial charge in [-0.15, -0.1) is 0 Å². The molecule has 27 heavy (non-hydrogen) atoms. The highest BCUT2D eigenvalue weighted by atomic mass is 16.6. The van der Waals surface area contributed by atoms with Gasteiger partial charge >= 0.3 is 11.9 Å². The van der Waals surface area contributed by atoms with Gasteiger partial charge in [0, 0.05) is 17.8 Å². The third-order valence-corrected chi connectivity index (χ3v) is 8.80. The lowest BCUT2D eigenvalue weighted by Crippen LogP contribution is -2.76. The van der Waals surface area contributed by atoms with E-state index in [1.165, 1.54) is 0 Å². The second-order valence-electron chi connectivity index (χ2n) is 10.3. The summed E-state index contributed by atoms with van der Waals surface area (Å²) in [6.07, 6.45) is 5.05. The normalized spacial score (nSPS) is 56.9. The Morgan fingerprint density at radius 3 is 2.48 bits per heavy atom. The predicted octanol–water partition coefficient (Wildman–Crippen LogP) is 2.36. The van der Waals surface area contributed by atoms with Crippen LogP contribution in [0.25, 0.3) is 0 Å². The molecule has 6 nitrogen and oxygen atoms in total. The van der Waals surface area contributed by atoms with Gasteiger partial charge in [-0.2, -0.15) is 0 Å². The molecule has 7 atom stereocenters. The van der Waals surface area contributed by atoms with E-state index >= 15 is 0 Å². The van der Waals surface area contributed by atoms with Gasteiger partial charge in [0.25, 0.3) is 0 Å². The number of carbonyl (C=O) groups is 2. The van der Waals surface area contributed by atoms with Crippen molar-refractivity contribution in [2.45, 2.75) is 82.5 Å². The summed E-state index contributed by atoms with van der Waals surface area (Å²) < 4.78 is 17.9. The number of cyclic esters (lactones) is 2. The zero-order chi connectivity index (χ0) is 19.3. The number of hydrogen-bond donors (Lipinski definition) is 1. The zero-order valence-corrected chi connectivity index (χ0v) is 16.5. The van der Waals surface area contributed by atoms with Gasteiger partial charge in [-0.3, -0.25) is 4.79 Å². The van der Waals surface area contributed by atoms with Crippen molar-refractivity contribution in [1.29, 1.82) is 0 Å². The highest BCUT2D eigenvalue weighted by Gasteiger charge is 2.78. The fraction of sp³-hybridized carbons (Fsp3) is 0.905. The average molecular weight is 378 g/mol. The monoisotopic (exact) mass is 378 g/mol. The summed E-state index contributed by atoms with van der Waals surface area (Å²) in [4.78, 5) is 25.3. The topological polar surface area (TPSA) is 82.1 Å². The molecule has 0 aromatic rings. The van der Waals surface area contributed by atoms with Gasteiger partial charge in [0.15, 0.2) is 5.60 Å². The minimum atomic E-state index is -0.964. The molecular weight excluding hydrogens is 348 g/mol. The molecule has 0 unspecified atom stereocenters. The van der Waals surface area contributed by atoms with Gasteiger partial charge in [-0.25, -0.2) is 4.79 Å². The summed E-state index contributed by atoms with van der Waals surface area (Å²) in [5.41, 5.74) is -3.55. The summed E-state index contributed by atoms with van der Waals surface area (Å²) in [7, 11) is 0. The number of hydrogen-bond acceptors (Lipinski definition) is 6. The van der Waals surface area contributed by atoms with Crippen molar-refractivity contribution in [2.75, 3.05) is 13.2 Å². The van der Waals surface area contributed by atoms with E-state index in [1.54, 1.807) is 0 Å². The van der Waals surface area contributed by atoms with Crippen LogP contribution in [-0.4, -0.2) is 47.1 Å². The molecule has 2 saturated carbocycles. The van der Waals surface area contributed by atoms with E-state index in [9.17, 15) is 14.7 Å². The molecule has 6 heteroatoms. The molecule has 0 aromatic heterocycles. The third kappa shape index (κ3) is 1.89. The van der Waals surface area contributed by atoms with E-state index in [-0.39, 0.29) is 30.4 Å². The highest BCUT2D eigenvalue weighted by Crippen LogP contribution is 2.72. The Balaban J connectivity index is 1.67. The Kier molecular flexibility index (Phi) is 3.36. The Morgan fingerprint density at radius 1 is 1.00 bits per heavy atom. The average Bonchev–Trinajstić information content (AvgIpc) is 3.15. The molecule has 2 bridgehead atoms. The molecule has 0 aromatic carbocycles. The van der Waals surface area contributed by atoms with Crippen molar-refractivity contribution in [2.24, 2.45) is 22.7 Å². The SMILES string of the molecule is C[C@H]1C[C@@](C)(O)[C@H]2[C@]3(CCC[C@]2(C)C(=O)OC3)[C@@]12CC[C@]1(CCOC1=O)O2. The van der Waals surface area contributed by atoms with Crippen LogP contribution in [0, 0.1) is 22.7 Å². The van der Waals surface area contributed by atoms with Crippen LogP contribution < -0.4 is 0 Å². The fourth-order valence-corrected chi connectivity index (χ4v) is 8.05. The van der Waals surface area contributed by atoms with Gasteiger partial charge in [-0.05, 0) is 51.9 Å². The fourth-order valence-electron chi connectivity index (χ4n) is 8.05. The minimum absolute atomic E-state index is 0.0654. The van der Waals surface area contributed by atoms with E-state index in [2.05, 4.69) is 6.92 Å². The number of ether oxygens (including phenoxy) is 3. The Morgan fingerprint density at radius 2 is 1.78 bits per heavy atom. The van der Waals surface area contributed by atoms with Crippen molar-refractivity contribution < 1.29 is 28.9 Å². The van der Waals surface area contributed by atoms with Crippen LogP contribution in [0.1, 0.15) is 65.7 Å². The Bertz CT molecular complexity index is 717. The summed E-state index contributed by atoms with van der Waals surface area (Å²) >= 11 is 0. The summed E-state index contributed by atoms with van der Waals surface area (Å²) in [5, 5.41) is 11.5. The number of carbonyl (C=O) groups excluding carboxylic acids is 2. The van der Waals surface area contributed by atoms with Gasteiger partial charge in [-0.1, -0.05) is 13.3 Å². The lowest BCUT2D eigenvalue weighted by Gasteiger charge is -2.69. The first-order chi connectivity index (χ1) is 12.6. The van der Waals surface area contributed by atoms with Crippen LogP contribution in [0.2, 0.25) is 0 Å². The second kappa shape index (κ2) is 5.07. The molecule has 3 heterocycles. The molecule has 2 aliphatic carbocycles. The molecule has 1 N–H and O–H groups in total. The molecule has 2 spiro atoms. The largest absolute Gasteiger partial charge is 0.465 e. The van der Waals surface area contributed by atoms with E-state index in [4.69, 9.17) is 14.2 Å². The molecule has 5 rings (SSSR count). The maximum absolute atomic E-state index is 12.8. The number of esters is 2. The summed E-state index contributed by atoms with van der Waals surface area (Å²) in [6, 6.07) is 0. The van der Waals surface area contributed by atoms with Crippen molar-refractivity contribution in [3.63, 3.8) is 0 Å². The zero-order valence-electron chi connectivity index (χ0n) is 16.5. The standard InChI is InChI=1S/C21H30O6/c1-13-11-18(3,24)14-17(2)5-4-6-19(14,12-26-15(17)22)21(13)8-7-20(27-21)9-10-25-16(20)23/h13-14,24H,4-12H2,1-3H3/t13-,14-,17-,18+,19+,20+,21+/m0/s1. The highest BCUT2D eigenvalue weighted by molar-refractivity contribution is 5.82. The van der Waals surface area contributed by atoms with Crippen LogP contribution in [0.5, 0.6) is 0 Å². The first-order valence-electron chi connectivity index (χ1n) is 10.4. The number of aliphatic hydroxyl groups is 1. The van der Waals surface area contributed by atoms with E-state index < -0.39 is 27.6 Å². The first kappa shape index (κ1) is 17.9. The molecule has 0 amide bonds. The molecule has 3 aliphatic heterocycles. The minimum Gasteiger partial charge on any atom is -0.465 e. The van der Waals surface area contributed by atoms with Gasteiger partial charge in [0.2, 0.25) is 0 Å². The van der Waals surface area contributed by atoms with Crippen molar-refractivity contribution in [3.05, 3.63) is 0 Å². The summed E-state index contributed by atoms with van der Waals surface area (Å²) in [5.74, 6) is -0.601. The van der Waals surface area contributed by atoms with Gasteiger partial charge < -0.3 is 19.3 Å². The Hall–Kier alpha value is -1.14. The predicted molar refractivity (Wildman–Crippen MR) is 94.6 cm³/mol.